The molecule has 1 amide bonds. The summed E-state index contributed by atoms with van der Waals surface area (Å²) in [5.41, 5.74) is 5.96. The van der Waals surface area contributed by atoms with Crippen LogP contribution in [0.1, 0.15) is 9.80 Å². The highest BCUT2D eigenvalue weighted by molar-refractivity contribution is 7.16. The Morgan fingerprint density at radius 1 is 1.21 bits per heavy atom. The van der Waals surface area contributed by atoms with Crippen LogP contribution in [-0.2, 0) is 0 Å². The number of nitrogens with zero attached hydrogens (tertiary/aromatic N) is 2. The van der Waals surface area contributed by atoms with Gasteiger partial charge in [0.2, 0.25) is 10.1 Å². The van der Waals surface area contributed by atoms with E-state index in [-0.39, 0.29) is 16.0 Å². The van der Waals surface area contributed by atoms with Gasteiger partial charge in [0.15, 0.2) is 0 Å². The van der Waals surface area contributed by atoms with Crippen LogP contribution < -0.4 is 20.5 Å². The highest BCUT2D eigenvalue weighted by Gasteiger charge is 2.13. The average molecular weight is 280 g/mol. The third-order valence-electron chi connectivity index (χ3n) is 2.24. The van der Waals surface area contributed by atoms with Gasteiger partial charge in [-0.15, -0.1) is 10.2 Å². The minimum absolute atomic E-state index is 0.194. The highest BCUT2D eigenvalue weighted by Crippen LogP contribution is 2.26. The molecule has 2 aromatic rings. The third kappa shape index (κ3) is 3.10. The number of nitrogens with one attached hydrogen (secondary N) is 1. The Balaban J connectivity index is 2.20. The number of ether oxygens (including phenoxy) is 2. The predicted molar refractivity (Wildman–Crippen MR) is 71.8 cm³/mol. The van der Waals surface area contributed by atoms with Gasteiger partial charge in [-0.3, -0.25) is 4.79 Å². The van der Waals surface area contributed by atoms with E-state index in [0.29, 0.717) is 17.2 Å². The van der Waals surface area contributed by atoms with Crippen LogP contribution in [0.25, 0.3) is 0 Å². The number of carbonyl (C=O) groups excluding carboxylic acids is 1. The lowest BCUT2D eigenvalue weighted by Crippen LogP contribution is -2.11. The number of anilines is 2. The van der Waals surface area contributed by atoms with E-state index < -0.39 is 0 Å². The molecule has 8 heteroatoms. The monoisotopic (exact) mass is 280 g/mol. The first-order chi connectivity index (χ1) is 9.12. The largest absolute Gasteiger partial charge is 0.497 e. The summed E-state index contributed by atoms with van der Waals surface area (Å²) in [4.78, 5) is 11.9. The van der Waals surface area contributed by atoms with E-state index in [9.17, 15) is 4.79 Å². The number of methoxy groups -OCH3 is 2. The second-order valence-corrected chi connectivity index (χ2v) is 4.51. The van der Waals surface area contributed by atoms with E-state index in [2.05, 4.69) is 15.5 Å². The molecule has 3 N–H and O–H groups in total. The van der Waals surface area contributed by atoms with Crippen LogP contribution in [0.2, 0.25) is 0 Å². The molecule has 0 spiro atoms. The molecule has 0 atom stereocenters. The van der Waals surface area contributed by atoms with Gasteiger partial charge in [-0.25, -0.2) is 0 Å². The molecule has 1 heterocycles. The van der Waals surface area contributed by atoms with Gasteiger partial charge in [0.05, 0.1) is 14.2 Å². The molecule has 0 unspecified atom stereocenters. The standard InChI is InChI=1S/C11H12N4O3S/c1-17-7-3-6(4-8(5-7)18-2)13-9(16)10-14-15-11(12)19-10/h3-5H,1-2H3,(H2,12,15)(H,13,16). The van der Waals surface area contributed by atoms with Crippen LogP contribution >= 0.6 is 11.3 Å². The van der Waals surface area contributed by atoms with Gasteiger partial charge in [0, 0.05) is 23.9 Å². The van der Waals surface area contributed by atoms with E-state index in [4.69, 9.17) is 15.2 Å². The van der Waals surface area contributed by atoms with Gasteiger partial charge in [-0.05, 0) is 0 Å². The molecule has 100 valence electrons. The Morgan fingerprint density at radius 2 is 1.84 bits per heavy atom. The molecule has 0 bridgehead atoms. The summed E-state index contributed by atoms with van der Waals surface area (Å²) < 4.78 is 10.2. The number of carbonyl (C=O) groups is 1. The van der Waals surface area contributed by atoms with Crippen molar-refractivity contribution in [3.05, 3.63) is 23.2 Å². The summed E-state index contributed by atoms with van der Waals surface area (Å²) >= 11 is 1.02. The number of nitrogen functional groups attached to an aromatic ring is 1. The fourth-order valence-corrected chi connectivity index (χ4v) is 1.90. The predicted octanol–water partition coefficient (Wildman–Crippen LogP) is 1.39. The van der Waals surface area contributed by atoms with Gasteiger partial charge < -0.3 is 20.5 Å². The molecule has 0 saturated heterocycles. The van der Waals surface area contributed by atoms with Crippen LogP contribution in [0.15, 0.2) is 18.2 Å². The quantitative estimate of drug-likeness (QED) is 0.878. The zero-order valence-electron chi connectivity index (χ0n) is 10.3. The summed E-state index contributed by atoms with van der Waals surface area (Å²) in [5.74, 6) is 0.766. The van der Waals surface area contributed by atoms with Gasteiger partial charge in [0.1, 0.15) is 11.5 Å². The van der Waals surface area contributed by atoms with E-state index in [1.54, 1.807) is 18.2 Å². The number of hydrogen-bond donors (Lipinski definition) is 2. The first kappa shape index (κ1) is 13.1. The lowest BCUT2D eigenvalue weighted by Gasteiger charge is -2.08. The molecule has 0 radical (unpaired) electrons. The first-order valence-electron chi connectivity index (χ1n) is 5.26. The fourth-order valence-electron chi connectivity index (χ4n) is 1.39. The van der Waals surface area contributed by atoms with Gasteiger partial charge in [0.25, 0.3) is 5.91 Å². The number of rotatable bonds is 4. The summed E-state index contributed by atoms with van der Waals surface area (Å²) in [6.07, 6.45) is 0. The minimum atomic E-state index is -0.385. The number of amides is 1. The van der Waals surface area contributed by atoms with Gasteiger partial charge in [-0.2, -0.15) is 0 Å². The molecule has 0 fully saturated rings. The van der Waals surface area contributed by atoms with Crippen LogP contribution in [0.4, 0.5) is 10.8 Å². The summed E-state index contributed by atoms with van der Waals surface area (Å²) in [7, 11) is 3.07. The van der Waals surface area contributed by atoms with Crippen molar-refractivity contribution in [2.45, 2.75) is 0 Å². The molecule has 0 aliphatic carbocycles. The van der Waals surface area contributed by atoms with Crippen molar-refractivity contribution >= 4 is 28.1 Å². The second-order valence-electron chi connectivity index (χ2n) is 3.50. The molecule has 19 heavy (non-hydrogen) atoms. The highest BCUT2D eigenvalue weighted by atomic mass is 32.1. The van der Waals surface area contributed by atoms with E-state index in [1.807, 2.05) is 0 Å². The lowest BCUT2D eigenvalue weighted by atomic mass is 10.2. The Hall–Kier alpha value is -2.35. The average Bonchev–Trinajstić information content (AvgIpc) is 2.85. The number of benzene rings is 1. The smallest absolute Gasteiger partial charge is 0.286 e. The van der Waals surface area contributed by atoms with Crippen molar-refractivity contribution in [1.82, 2.24) is 10.2 Å². The zero-order valence-corrected chi connectivity index (χ0v) is 11.2. The van der Waals surface area contributed by atoms with Crippen molar-refractivity contribution in [1.29, 1.82) is 0 Å². The summed E-state index contributed by atoms with van der Waals surface area (Å²) in [6.45, 7) is 0. The van der Waals surface area contributed by atoms with Gasteiger partial charge >= 0.3 is 0 Å². The summed E-state index contributed by atoms with van der Waals surface area (Å²) in [6, 6.07) is 5.05. The maximum atomic E-state index is 11.9. The van der Waals surface area contributed by atoms with Crippen LogP contribution in [0, 0.1) is 0 Å². The van der Waals surface area contributed by atoms with Crippen molar-refractivity contribution in [3.8, 4) is 11.5 Å². The van der Waals surface area contributed by atoms with Crippen LogP contribution in [-0.4, -0.2) is 30.3 Å². The normalized spacial score (nSPS) is 10.0. The maximum Gasteiger partial charge on any atom is 0.286 e. The zero-order chi connectivity index (χ0) is 13.8. The maximum absolute atomic E-state index is 11.9. The van der Waals surface area contributed by atoms with Crippen molar-refractivity contribution in [3.63, 3.8) is 0 Å². The SMILES string of the molecule is COc1cc(NC(=O)c2nnc(N)s2)cc(OC)c1. The van der Waals surface area contributed by atoms with Crippen molar-refractivity contribution in [2.75, 3.05) is 25.3 Å². The van der Waals surface area contributed by atoms with E-state index in [1.165, 1.54) is 14.2 Å². The topological polar surface area (TPSA) is 99.4 Å². The number of aromatic nitrogens is 2. The number of nitrogens with two attached hydrogens (primary N) is 1. The molecular formula is C11H12N4O3S. The molecule has 0 aliphatic heterocycles. The first-order valence-corrected chi connectivity index (χ1v) is 6.07. The minimum Gasteiger partial charge on any atom is -0.497 e. The van der Waals surface area contributed by atoms with Crippen molar-refractivity contribution < 1.29 is 14.3 Å². The fraction of sp³-hybridized carbons (Fsp3) is 0.182. The Labute approximate surface area is 113 Å². The van der Waals surface area contributed by atoms with Gasteiger partial charge in [-0.1, -0.05) is 11.3 Å². The molecule has 2 rings (SSSR count). The Morgan fingerprint density at radius 3 is 2.32 bits per heavy atom. The van der Waals surface area contributed by atoms with Crippen molar-refractivity contribution in [2.24, 2.45) is 0 Å². The molecule has 1 aromatic carbocycles. The van der Waals surface area contributed by atoms with Crippen LogP contribution in [0.5, 0.6) is 11.5 Å². The molecule has 7 nitrogen and oxygen atoms in total. The summed E-state index contributed by atoms with van der Waals surface area (Å²) in [5, 5.41) is 10.4. The third-order valence-corrected chi connectivity index (χ3v) is 3.00. The molecule has 0 aliphatic rings. The number of hydrogen-bond acceptors (Lipinski definition) is 7. The lowest BCUT2D eigenvalue weighted by molar-refractivity contribution is 0.102. The van der Waals surface area contributed by atoms with Crippen LogP contribution in [0.3, 0.4) is 0 Å². The Kier molecular flexibility index (Phi) is 3.81. The Bertz CT molecular complexity index is 577. The molecule has 0 saturated carbocycles. The second kappa shape index (κ2) is 5.53. The molecule has 1 aromatic heterocycles. The van der Waals surface area contributed by atoms with E-state index in [0.717, 1.165) is 11.3 Å². The van der Waals surface area contributed by atoms with E-state index >= 15 is 0 Å². The molecular weight excluding hydrogens is 268 g/mol.